The molecule has 108 valence electrons. The van der Waals surface area contributed by atoms with Crippen LogP contribution in [0.15, 0.2) is 0 Å². The van der Waals surface area contributed by atoms with Gasteiger partial charge < -0.3 is 10.2 Å². The summed E-state index contributed by atoms with van der Waals surface area (Å²) < 4.78 is 0. The maximum Gasteiger partial charge on any atom is 0.147 e. The molecule has 4 rings (SSSR count). The van der Waals surface area contributed by atoms with Crippen LogP contribution in [0.25, 0.3) is 0 Å². The minimum Gasteiger partial charge on any atom is -0.307 e. The smallest absolute Gasteiger partial charge is 0.147 e. The van der Waals surface area contributed by atoms with Crippen molar-refractivity contribution in [1.82, 2.24) is 25.1 Å². The van der Waals surface area contributed by atoms with Crippen LogP contribution in [0.5, 0.6) is 0 Å². The van der Waals surface area contributed by atoms with Crippen LogP contribution in [-0.2, 0) is 13.1 Å². The van der Waals surface area contributed by atoms with E-state index in [4.69, 9.17) is 9.97 Å². The molecule has 1 aromatic heterocycles. The predicted molar refractivity (Wildman–Crippen MR) is 77.4 cm³/mol. The molecule has 1 aromatic rings. The van der Waals surface area contributed by atoms with Crippen LogP contribution in [0.4, 0.5) is 0 Å². The van der Waals surface area contributed by atoms with Crippen LogP contribution in [0, 0.1) is 0 Å². The van der Waals surface area contributed by atoms with E-state index in [0.29, 0.717) is 12.0 Å². The molecule has 1 saturated carbocycles. The lowest BCUT2D eigenvalue weighted by Crippen LogP contribution is -2.45. The Balaban J connectivity index is 1.72. The van der Waals surface area contributed by atoms with Gasteiger partial charge in [-0.15, -0.1) is 0 Å². The van der Waals surface area contributed by atoms with Crippen molar-refractivity contribution in [1.29, 1.82) is 0 Å². The highest BCUT2D eigenvalue weighted by atomic mass is 15.3. The third kappa shape index (κ3) is 2.14. The van der Waals surface area contributed by atoms with Gasteiger partial charge in [-0.25, -0.2) is 9.97 Å². The summed E-state index contributed by atoms with van der Waals surface area (Å²) in [5.41, 5.74) is 3.98. The quantitative estimate of drug-likeness (QED) is 0.866. The van der Waals surface area contributed by atoms with E-state index in [9.17, 15) is 0 Å². The summed E-state index contributed by atoms with van der Waals surface area (Å²) in [5.74, 6) is 1.75. The molecule has 2 aliphatic heterocycles. The molecule has 3 heterocycles. The zero-order valence-electron chi connectivity index (χ0n) is 12.4. The van der Waals surface area contributed by atoms with Gasteiger partial charge in [0.25, 0.3) is 0 Å². The molecular formula is C15H23N5. The van der Waals surface area contributed by atoms with E-state index < -0.39 is 0 Å². The molecule has 1 atom stereocenters. The van der Waals surface area contributed by atoms with Gasteiger partial charge in [0.05, 0.1) is 17.4 Å². The van der Waals surface area contributed by atoms with Gasteiger partial charge in [-0.3, -0.25) is 4.90 Å². The molecule has 0 radical (unpaired) electrons. The maximum absolute atomic E-state index is 5.00. The number of hydrogen-bond acceptors (Lipinski definition) is 5. The first kappa shape index (κ1) is 12.7. The molecule has 1 saturated heterocycles. The van der Waals surface area contributed by atoms with Crippen molar-refractivity contribution in [3.8, 4) is 0 Å². The first-order valence-corrected chi connectivity index (χ1v) is 7.71. The number of rotatable bonds is 2. The Morgan fingerprint density at radius 1 is 1.10 bits per heavy atom. The summed E-state index contributed by atoms with van der Waals surface area (Å²) in [6.07, 6.45) is 2.62. The van der Waals surface area contributed by atoms with Crippen molar-refractivity contribution < 1.29 is 0 Å². The Kier molecular flexibility index (Phi) is 3.02. The Morgan fingerprint density at radius 2 is 1.95 bits per heavy atom. The van der Waals surface area contributed by atoms with Crippen molar-refractivity contribution >= 4 is 0 Å². The van der Waals surface area contributed by atoms with E-state index in [1.54, 1.807) is 0 Å². The number of nitrogens with zero attached hydrogens (tertiary/aromatic N) is 4. The van der Waals surface area contributed by atoms with E-state index in [2.05, 4.69) is 29.2 Å². The SMILES string of the molecule is CN1CCN(C)C(c2nc3c(c(C4CC4)n2)CNC3)C1. The summed E-state index contributed by atoms with van der Waals surface area (Å²) in [7, 11) is 4.39. The maximum atomic E-state index is 5.00. The summed E-state index contributed by atoms with van der Waals surface area (Å²) in [6, 6.07) is 0.345. The second kappa shape index (κ2) is 4.76. The minimum absolute atomic E-state index is 0.345. The predicted octanol–water partition coefficient (Wildman–Crippen LogP) is 0.876. The van der Waals surface area contributed by atoms with Crippen molar-refractivity contribution in [3.05, 3.63) is 22.8 Å². The molecule has 0 spiro atoms. The molecule has 20 heavy (non-hydrogen) atoms. The third-order valence-electron chi connectivity index (χ3n) is 4.85. The molecule has 2 fully saturated rings. The second-order valence-electron chi connectivity index (χ2n) is 6.53. The van der Waals surface area contributed by atoms with Gasteiger partial charge in [-0.1, -0.05) is 0 Å². The number of hydrogen-bond donors (Lipinski definition) is 1. The Bertz CT molecular complexity index is 525. The molecule has 3 aliphatic rings. The first-order chi connectivity index (χ1) is 9.72. The van der Waals surface area contributed by atoms with Crippen LogP contribution in [0.3, 0.4) is 0 Å². The topological polar surface area (TPSA) is 44.3 Å². The summed E-state index contributed by atoms with van der Waals surface area (Å²) in [4.78, 5) is 14.7. The molecule has 1 unspecified atom stereocenters. The van der Waals surface area contributed by atoms with Crippen molar-refractivity contribution in [2.24, 2.45) is 0 Å². The molecule has 0 bridgehead atoms. The lowest BCUT2D eigenvalue weighted by molar-refractivity contribution is 0.109. The Morgan fingerprint density at radius 3 is 2.75 bits per heavy atom. The fourth-order valence-electron chi connectivity index (χ4n) is 3.35. The lowest BCUT2D eigenvalue weighted by Gasteiger charge is -2.36. The standard InChI is InChI=1S/C15H23N5/c1-19-5-6-20(2)13(9-19)15-17-12-8-16-7-11(12)14(18-15)10-3-4-10/h10,13,16H,3-9H2,1-2H3. The molecule has 0 amide bonds. The number of fused-ring (bicyclic) bond motifs is 1. The molecule has 1 N–H and O–H groups in total. The number of nitrogens with one attached hydrogen (secondary N) is 1. The van der Waals surface area contributed by atoms with Crippen LogP contribution in [0.2, 0.25) is 0 Å². The number of likely N-dealkylation sites (N-methyl/N-ethyl adjacent to an activating group) is 2. The largest absolute Gasteiger partial charge is 0.307 e. The van der Waals surface area contributed by atoms with Crippen molar-refractivity contribution in [2.45, 2.75) is 37.9 Å². The highest BCUT2D eigenvalue weighted by Crippen LogP contribution is 2.42. The normalized spacial score (nSPS) is 27.8. The molecule has 5 heteroatoms. The monoisotopic (exact) mass is 273 g/mol. The number of aromatic nitrogens is 2. The Labute approximate surface area is 120 Å². The summed E-state index contributed by atoms with van der Waals surface area (Å²) in [6.45, 7) is 5.14. The van der Waals surface area contributed by atoms with Gasteiger partial charge in [0, 0.05) is 44.2 Å². The van der Waals surface area contributed by atoms with Gasteiger partial charge in [-0.2, -0.15) is 0 Å². The van der Waals surface area contributed by atoms with Gasteiger partial charge in [-0.05, 0) is 26.9 Å². The first-order valence-electron chi connectivity index (χ1n) is 7.71. The van der Waals surface area contributed by atoms with Gasteiger partial charge in [0.1, 0.15) is 5.82 Å². The number of piperazine rings is 1. The van der Waals surface area contributed by atoms with Crippen molar-refractivity contribution in [2.75, 3.05) is 33.7 Å². The molecular weight excluding hydrogens is 250 g/mol. The fraction of sp³-hybridized carbons (Fsp3) is 0.733. The Hall–Kier alpha value is -1.04. The molecule has 1 aliphatic carbocycles. The third-order valence-corrected chi connectivity index (χ3v) is 4.85. The molecule has 5 nitrogen and oxygen atoms in total. The highest BCUT2D eigenvalue weighted by Gasteiger charge is 2.34. The molecule has 0 aromatic carbocycles. The lowest BCUT2D eigenvalue weighted by atomic mass is 10.1. The van der Waals surface area contributed by atoms with E-state index in [1.165, 1.54) is 29.8 Å². The van der Waals surface area contributed by atoms with Gasteiger partial charge in [0.2, 0.25) is 0 Å². The van der Waals surface area contributed by atoms with E-state index in [-0.39, 0.29) is 0 Å². The van der Waals surface area contributed by atoms with Crippen LogP contribution in [-0.4, -0.2) is 53.5 Å². The fourth-order valence-corrected chi connectivity index (χ4v) is 3.35. The highest BCUT2D eigenvalue weighted by molar-refractivity contribution is 5.34. The summed E-state index contributed by atoms with van der Waals surface area (Å²) in [5, 5.41) is 3.43. The van der Waals surface area contributed by atoms with Gasteiger partial charge >= 0.3 is 0 Å². The van der Waals surface area contributed by atoms with Gasteiger partial charge in [0.15, 0.2) is 0 Å². The van der Waals surface area contributed by atoms with E-state index in [1.807, 2.05) is 0 Å². The van der Waals surface area contributed by atoms with E-state index >= 15 is 0 Å². The summed E-state index contributed by atoms with van der Waals surface area (Å²) >= 11 is 0. The average Bonchev–Trinajstić information content (AvgIpc) is 3.18. The zero-order chi connectivity index (χ0) is 13.7. The van der Waals surface area contributed by atoms with Crippen LogP contribution < -0.4 is 5.32 Å². The second-order valence-corrected chi connectivity index (χ2v) is 6.53. The average molecular weight is 273 g/mol. The zero-order valence-corrected chi connectivity index (χ0v) is 12.4. The van der Waals surface area contributed by atoms with E-state index in [0.717, 1.165) is 38.5 Å². The van der Waals surface area contributed by atoms with Crippen LogP contribution in [0.1, 0.15) is 47.6 Å². The minimum atomic E-state index is 0.345. The van der Waals surface area contributed by atoms with Crippen molar-refractivity contribution in [3.63, 3.8) is 0 Å². The van der Waals surface area contributed by atoms with Crippen LogP contribution >= 0.6 is 0 Å².